The third-order valence-corrected chi connectivity index (χ3v) is 2.81. The van der Waals surface area contributed by atoms with E-state index in [-0.39, 0.29) is 0 Å². The maximum Gasteiger partial charge on any atom is 0.221 e. The highest BCUT2D eigenvalue weighted by Gasteiger charge is 2.03. The molecule has 0 radical (unpaired) electrons. The number of aromatic nitrogens is 2. The van der Waals surface area contributed by atoms with E-state index in [2.05, 4.69) is 21.9 Å². The second-order valence-electron chi connectivity index (χ2n) is 2.95. The molecule has 15 heavy (non-hydrogen) atoms. The summed E-state index contributed by atoms with van der Waals surface area (Å²) >= 11 is 1.72. The van der Waals surface area contributed by atoms with Crippen molar-refractivity contribution in [1.29, 1.82) is 0 Å². The number of hydrogen-bond acceptors (Lipinski definition) is 4. The van der Waals surface area contributed by atoms with Crippen LogP contribution in [0.15, 0.2) is 45.9 Å². The molecule has 0 N–H and O–H groups in total. The van der Waals surface area contributed by atoms with Crippen LogP contribution in [0.1, 0.15) is 0 Å². The summed E-state index contributed by atoms with van der Waals surface area (Å²) in [6.45, 7) is 0.672. The van der Waals surface area contributed by atoms with Crippen LogP contribution < -0.4 is 9.79 Å². The van der Waals surface area contributed by atoms with Crippen LogP contribution in [0.5, 0.6) is 5.95 Å². The first kappa shape index (κ1) is 10.0. The fraction of sp³-hybridized carbons (Fsp3) is 0.200. The topological polar surface area (TPSA) is 53.0 Å². The first-order valence-corrected chi connectivity index (χ1v) is 5.54. The van der Waals surface area contributed by atoms with Gasteiger partial charge in [0.15, 0.2) is 6.54 Å². The predicted octanol–water partition coefficient (Wildman–Crippen LogP) is 0.828. The minimum absolute atomic E-state index is 0.403. The van der Waals surface area contributed by atoms with Crippen molar-refractivity contribution < 1.29 is 14.3 Å². The van der Waals surface area contributed by atoms with E-state index in [9.17, 15) is 5.11 Å². The van der Waals surface area contributed by atoms with E-state index >= 15 is 0 Å². The Labute approximate surface area is 91.5 Å². The largest absolute Gasteiger partial charge is 0.539 e. The Balaban J connectivity index is 1.80. The van der Waals surface area contributed by atoms with E-state index in [0.29, 0.717) is 6.54 Å². The van der Waals surface area contributed by atoms with Gasteiger partial charge in [-0.05, 0) is 12.1 Å². The van der Waals surface area contributed by atoms with Gasteiger partial charge in [-0.15, -0.1) is 11.8 Å². The van der Waals surface area contributed by atoms with Crippen LogP contribution in [0.4, 0.5) is 0 Å². The fourth-order valence-corrected chi connectivity index (χ4v) is 2.00. The van der Waals surface area contributed by atoms with Crippen LogP contribution in [0.25, 0.3) is 0 Å². The van der Waals surface area contributed by atoms with E-state index in [0.717, 1.165) is 5.75 Å². The van der Waals surface area contributed by atoms with Crippen LogP contribution in [0.2, 0.25) is 0 Å². The van der Waals surface area contributed by atoms with Gasteiger partial charge < -0.3 is 9.63 Å². The van der Waals surface area contributed by atoms with Gasteiger partial charge in [0.25, 0.3) is 0 Å². The van der Waals surface area contributed by atoms with E-state index in [1.54, 1.807) is 11.8 Å². The van der Waals surface area contributed by atoms with Gasteiger partial charge in [-0.3, -0.25) is 0 Å². The third-order valence-electron chi connectivity index (χ3n) is 1.82. The molecular formula is C10H10N2O2S. The minimum atomic E-state index is -0.403. The summed E-state index contributed by atoms with van der Waals surface area (Å²) in [5, 5.41) is 14.2. The summed E-state index contributed by atoms with van der Waals surface area (Å²) in [7, 11) is 0. The zero-order valence-electron chi connectivity index (χ0n) is 8.00. The van der Waals surface area contributed by atoms with Gasteiger partial charge in [0.05, 0.1) is 11.0 Å². The van der Waals surface area contributed by atoms with E-state index < -0.39 is 5.95 Å². The average Bonchev–Trinajstić information content (AvgIpc) is 2.66. The quantitative estimate of drug-likeness (QED) is 0.568. The van der Waals surface area contributed by atoms with E-state index in [1.807, 2.05) is 18.2 Å². The Morgan fingerprint density at radius 3 is 2.80 bits per heavy atom. The molecule has 0 unspecified atom stereocenters. The van der Waals surface area contributed by atoms with Crippen molar-refractivity contribution in [3.05, 3.63) is 36.5 Å². The molecule has 0 aliphatic rings. The van der Waals surface area contributed by atoms with Crippen LogP contribution >= 0.6 is 11.8 Å². The van der Waals surface area contributed by atoms with Crippen molar-refractivity contribution in [2.24, 2.45) is 0 Å². The molecule has 2 aromatic rings. The highest BCUT2D eigenvalue weighted by molar-refractivity contribution is 7.99. The maximum atomic E-state index is 10.7. The Bertz CT molecular complexity index is 416. The zero-order chi connectivity index (χ0) is 10.5. The monoisotopic (exact) mass is 222 g/mol. The first-order valence-electron chi connectivity index (χ1n) is 4.56. The van der Waals surface area contributed by atoms with Crippen molar-refractivity contribution in [3.8, 4) is 5.95 Å². The lowest BCUT2D eigenvalue weighted by Gasteiger charge is -1.96. The van der Waals surface area contributed by atoms with Crippen molar-refractivity contribution >= 4 is 11.8 Å². The lowest BCUT2D eigenvalue weighted by molar-refractivity contribution is -0.758. The standard InChI is InChI=1S/C10H10N2O2S/c13-10-8-12(11-14-10)6-7-15-9-4-2-1-3-5-9/h1-5,8H,6-7H2. The Morgan fingerprint density at radius 2 is 2.13 bits per heavy atom. The molecular weight excluding hydrogens is 212 g/mol. The number of nitrogens with zero attached hydrogens (tertiary/aromatic N) is 2. The highest BCUT2D eigenvalue weighted by atomic mass is 32.2. The number of benzene rings is 1. The van der Waals surface area contributed by atoms with Crippen LogP contribution in [0, 0.1) is 0 Å². The summed E-state index contributed by atoms with van der Waals surface area (Å²) < 4.78 is 5.93. The van der Waals surface area contributed by atoms with Crippen molar-refractivity contribution in [2.45, 2.75) is 11.4 Å². The molecule has 5 heteroatoms. The van der Waals surface area contributed by atoms with Gasteiger partial charge in [-0.2, -0.15) is 0 Å². The zero-order valence-corrected chi connectivity index (χ0v) is 8.81. The summed E-state index contributed by atoms with van der Waals surface area (Å²) in [5.74, 6) is 0.459. The first-order chi connectivity index (χ1) is 7.34. The van der Waals surface area contributed by atoms with Crippen LogP contribution in [0.3, 0.4) is 0 Å². The molecule has 4 nitrogen and oxygen atoms in total. The molecule has 0 aliphatic heterocycles. The Hall–Kier alpha value is -1.49. The van der Waals surface area contributed by atoms with Gasteiger partial charge in [-0.1, -0.05) is 22.9 Å². The van der Waals surface area contributed by atoms with Gasteiger partial charge in [0, 0.05) is 4.90 Å². The van der Waals surface area contributed by atoms with Gasteiger partial charge >= 0.3 is 0 Å². The third kappa shape index (κ3) is 2.99. The lowest BCUT2D eigenvalue weighted by atomic mass is 10.4. The molecule has 2 rings (SSSR count). The van der Waals surface area contributed by atoms with Gasteiger partial charge in [-0.25, -0.2) is 0 Å². The summed E-state index contributed by atoms with van der Waals surface area (Å²) in [4.78, 5) is 1.21. The van der Waals surface area contributed by atoms with Gasteiger partial charge in [0.1, 0.15) is 5.95 Å². The molecule has 0 saturated carbocycles. The molecule has 0 saturated heterocycles. The van der Waals surface area contributed by atoms with E-state index in [1.165, 1.54) is 15.8 Å². The molecule has 78 valence electrons. The maximum absolute atomic E-state index is 10.7. The number of aryl methyl sites for hydroxylation is 1. The van der Waals surface area contributed by atoms with Crippen LogP contribution in [-0.2, 0) is 6.54 Å². The van der Waals surface area contributed by atoms with Crippen molar-refractivity contribution in [3.63, 3.8) is 0 Å². The average molecular weight is 222 g/mol. The minimum Gasteiger partial charge on any atom is -0.539 e. The molecule has 0 fully saturated rings. The number of rotatable bonds is 4. The molecule has 1 aromatic heterocycles. The van der Waals surface area contributed by atoms with Crippen molar-refractivity contribution in [2.75, 3.05) is 5.75 Å². The molecule has 1 aromatic carbocycles. The second kappa shape index (κ2) is 4.84. The Morgan fingerprint density at radius 1 is 1.33 bits per heavy atom. The molecule has 0 amide bonds. The molecule has 1 heterocycles. The molecule has 0 bridgehead atoms. The summed E-state index contributed by atoms with van der Waals surface area (Å²) in [6.07, 6.45) is 1.35. The predicted molar refractivity (Wildman–Crippen MR) is 53.3 cm³/mol. The van der Waals surface area contributed by atoms with E-state index in [4.69, 9.17) is 0 Å². The van der Waals surface area contributed by atoms with Gasteiger partial charge in [0.2, 0.25) is 6.20 Å². The smallest absolute Gasteiger partial charge is 0.221 e. The van der Waals surface area contributed by atoms with Crippen molar-refractivity contribution in [1.82, 2.24) is 5.27 Å². The number of thioether (sulfide) groups is 1. The normalized spacial score (nSPS) is 10.4. The highest BCUT2D eigenvalue weighted by Crippen LogP contribution is 2.16. The number of hydrogen-bond donors (Lipinski definition) is 0. The summed E-state index contributed by atoms with van der Waals surface area (Å²) in [6, 6.07) is 10.1. The molecule has 0 aliphatic carbocycles. The summed E-state index contributed by atoms with van der Waals surface area (Å²) in [5.41, 5.74) is 0. The Kier molecular flexibility index (Phi) is 3.24. The molecule has 0 atom stereocenters. The molecule has 0 spiro atoms. The SMILES string of the molecule is [O-]c1c[n+](CCSc2ccccc2)no1. The lowest BCUT2D eigenvalue weighted by Crippen LogP contribution is -2.35. The second-order valence-corrected chi connectivity index (χ2v) is 4.11. The fourth-order valence-electron chi connectivity index (χ4n) is 1.14. The van der Waals surface area contributed by atoms with Crippen LogP contribution in [-0.4, -0.2) is 11.0 Å².